The molecule has 1 unspecified atom stereocenters. The molecule has 0 saturated carbocycles. The van der Waals surface area contributed by atoms with Crippen LogP contribution in [0.1, 0.15) is 36.8 Å². The fourth-order valence-electron chi connectivity index (χ4n) is 2.81. The lowest BCUT2D eigenvalue weighted by Gasteiger charge is -2.20. The third-order valence-electron chi connectivity index (χ3n) is 4.16. The Kier molecular flexibility index (Phi) is 8.11. The predicted octanol–water partition coefficient (Wildman–Crippen LogP) is 2.32. The molecule has 3 rings (SSSR count). The Hall–Kier alpha value is -3.07. The molecule has 1 fully saturated rings. The van der Waals surface area contributed by atoms with E-state index in [-0.39, 0.29) is 5.91 Å². The number of likely N-dealkylation sites (tertiary alicyclic amines) is 1. The van der Waals surface area contributed by atoms with Crippen LogP contribution in [-0.2, 0) is 16.0 Å². The number of rotatable bonds is 4. The number of benzene rings is 1. The maximum Gasteiger partial charge on any atom is 0.230 e. The van der Waals surface area contributed by atoms with Gasteiger partial charge in [0.2, 0.25) is 12.3 Å². The third-order valence-corrected chi connectivity index (χ3v) is 4.16. The van der Waals surface area contributed by atoms with Crippen molar-refractivity contribution in [3.63, 3.8) is 0 Å². The minimum Gasteiger partial charge on any atom is -0.361 e. The van der Waals surface area contributed by atoms with Gasteiger partial charge in [-0.15, -0.1) is 0 Å². The predicted molar refractivity (Wildman–Crippen MR) is 103 cm³/mol. The van der Waals surface area contributed by atoms with Crippen LogP contribution in [0, 0.1) is 18.8 Å². The summed E-state index contributed by atoms with van der Waals surface area (Å²) in [6.07, 6.45) is 3.20. The average molecular weight is 367 g/mol. The highest BCUT2D eigenvalue weighted by Gasteiger charge is 2.25. The Balaban J connectivity index is 0.000000199. The Bertz CT molecular complexity index is 790. The van der Waals surface area contributed by atoms with Gasteiger partial charge in [-0.3, -0.25) is 9.59 Å². The maximum atomic E-state index is 11.9. The number of hydrogen-bond acceptors (Lipinski definition) is 4. The zero-order valence-corrected chi connectivity index (χ0v) is 15.8. The molecule has 1 aliphatic heterocycles. The summed E-state index contributed by atoms with van der Waals surface area (Å²) in [6, 6.07) is 11.8. The van der Waals surface area contributed by atoms with E-state index in [0.29, 0.717) is 31.2 Å². The van der Waals surface area contributed by atoms with E-state index in [9.17, 15) is 9.59 Å². The summed E-state index contributed by atoms with van der Waals surface area (Å²) in [4.78, 5) is 23.6. The minimum atomic E-state index is 0.149. The third kappa shape index (κ3) is 6.98. The molecular weight excluding hydrogens is 342 g/mol. The molecule has 142 valence electrons. The first kappa shape index (κ1) is 20.2. The first-order chi connectivity index (χ1) is 13.1. The zero-order chi connectivity index (χ0) is 19.5. The van der Waals surface area contributed by atoms with Crippen LogP contribution < -0.4 is 5.32 Å². The lowest BCUT2D eigenvalue weighted by molar-refractivity contribution is -0.131. The van der Waals surface area contributed by atoms with Crippen LogP contribution in [0.2, 0.25) is 0 Å². The number of aryl methyl sites for hydroxylation is 1. The Morgan fingerprint density at radius 3 is 2.78 bits per heavy atom. The molecule has 1 N–H and O–H groups in total. The summed E-state index contributed by atoms with van der Waals surface area (Å²) in [5.41, 5.74) is 1.79. The topological polar surface area (TPSA) is 75.4 Å². The van der Waals surface area contributed by atoms with Crippen molar-refractivity contribution in [3.05, 3.63) is 53.4 Å². The molecule has 0 radical (unpaired) electrons. The number of nitrogens with one attached hydrogen (secondary N) is 1. The highest BCUT2D eigenvalue weighted by molar-refractivity contribution is 5.78. The standard InChI is InChI=1S/C11H16N2O2.C10H9NO/c1-8-6-10(15-12-8)7-11(14)13-5-3-4-9(13)2;12-9-11-8-4-7-10-5-2-1-3-6-10/h6,9H,3-5,7H2,1-2H3;1-3,5-6,9H,8H2,(H,11,12). The van der Waals surface area contributed by atoms with E-state index in [1.165, 1.54) is 0 Å². The number of carbonyl (C=O) groups excluding carboxylic acids is 2. The van der Waals surface area contributed by atoms with Crippen molar-refractivity contribution in [2.24, 2.45) is 0 Å². The van der Waals surface area contributed by atoms with E-state index in [1.807, 2.05) is 48.2 Å². The summed E-state index contributed by atoms with van der Waals surface area (Å²) in [5, 5.41) is 6.23. The number of amides is 2. The molecule has 1 aromatic carbocycles. The van der Waals surface area contributed by atoms with Crippen molar-refractivity contribution in [3.8, 4) is 11.8 Å². The molecule has 2 aromatic rings. The van der Waals surface area contributed by atoms with Crippen LogP contribution in [0.5, 0.6) is 0 Å². The zero-order valence-electron chi connectivity index (χ0n) is 15.8. The van der Waals surface area contributed by atoms with Crippen molar-refractivity contribution < 1.29 is 14.1 Å². The van der Waals surface area contributed by atoms with Crippen molar-refractivity contribution in [1.82, 2.24) is 15.4 Å². The maximum absolute atomic E-state index is 11.9. The van der Waals surface area contributed by atoms with E-state index in [2.05, 4.69) is 29.2 Å². The largest absolute Gasteiger partial charge is 0.361 e. The summed E-state index contributed by atoms with van der Waals surface area (Å²) in [5.74, 6) is 6.53. The first-order valence-electron chi connectivity index (χ1n) is 9.02. The van der Waals surface area contributed by atoms with Crippen LogP contribution in [0.25, 0.3) is 0 Å². The molecule has 2 heterocycles. The first-order valence-corrected chi connectivity index (χ1v) is 9.02. The van der Waals surface area contributed by atoms with Gasteiger partial charge >= 0.3 is 0 Å². The van der Waals surface area contributed by atoms with Crippen LogP contribution >= 0.6 is 0 Å². The molecule has 27 heavy (non-hydrogen) atoms. The Morgan fingerprint density at radius 1 is 1.41 bits per heavy atom. The molecule has 2 amide bonds. The number of aromatic nitrogens is 1. The van der Waals surface area contributed by atoms with E-state index < -0.39 is 0 Å². The number of hydrogen-bond donors (Lipinski definition) is 1. The minimum absolute atomic E-state index is 0.149. The smallest absolute Gasteiger partial charge is 0.230 e. The quantitative estimate of drug-likeness (QED) is 0.511. The van der Waals surface area contributed by atoms with Gasteiger partial charge in [-0.05, 0) is 38.8 Å². The van der Waals surface area contributed by atoms with Gasteiger partial charge in [0.1, 0.15) is 5.76 Å². The van der Waals surface area contributed by atoms with Crippen molar-refractivity contribution >= 4 is 12.3 Å². The van der Waals surface area contributed by atoms with Crippen LogP contribution in [-0.4, -0.2) is 41.5 Å². The average Bonchev–Trinajstić information content (AvgIpc) is 3.28. The van der Waals surface area contributed by atoms with Crippen LogP contribution in [0.15, 0.2) is 40.9 Å². The van der Waals surface area contributed by atoms with Crippen molar-refractivity contribution in [2.45, 2.75) is 39.2 Å². The number of nitrogens with zero attached hydrogens (tertiary/aromatic N) is 2. The second-order valence-electron chi connectivity index (χ2n) is 6.36. The van der Waals surface area contributed by atoms with Gasteiger partial charge in [-0.1, -0.05) is 35.2 Å². The molecule has 0 aliphatic carbocycles. The van der Waals surface area contributed by atoms with Gasteiger partial charge in [0, 0.05) is 24.2 Å². The van der Waals surface area contributed by atoms with E-state index >= 15 is 0 Å². The molecule has 1 atom stereocenters. The highest BCUT2D eigenvalue weighted by atomic mass is 16.5. The van der Waals surface area contributed by atoms with Gasteiger partial charge < -0.3 is 14.7 Å². The second-order valence-corrected chi connectivity index (χ2v) is 6.36. The van der Waals surface area contributed by atoms with Crippen molar-refractivity contribution in [2.75, 3.05) is 13.1 Å². The molecule has 1 saturated heterocycles. The second kappa shape index (κ2) is 10.8. The molecule has 0 bridgehead atoms. The number of carbonyl (C=O) groups is 2. The van der Waals surface area contributed by atoms with Gasteiger partial charge in [-0.2, -0.15) is 0 Å². The van der Waals surface area contributed by atoms with Crippen LogP contribution in [0.3, 0.4) is 0 Å². The Morgan fingerprint density at radius 2 is 2.19 bits per heavy atom. The fourth-order valence-corrected chi connectivity index (χ4v) is 2.81. The van der Waals surface area contributed by atoms with Crippen LogP contribution in [0.4, 0.5) is 0 Å². The summed E-state index contributed by atoms with van der Waals surface area (Å²) < 4.78 is 5.03. The Labute approximate surface area is 159 Å². The van der Waals surface area contributed by atoms with Gasteiger partial charge in [0.25, 0.3) is 0 Å². The molecule has 6 nitrogen and oxygen atoms in total. The normalized spacial score (nSPS) is 15.2. The van der Waals surface area contributed by atoms with Gasteiger partial charge in [0.15, 0.2) is 0 Å². The fraction of sp³-hybridized carbons (Fsp3) is 0.381. The van der Waals surface area contributed by atoms with E-state index in [1.54, 1.807) is 0 Å². The van der Waals surface area contributed by atoms with Crippen molar-refractivity contribution in [1.29, 1.82) is 0 Å². The van der Waals surface area contributed by atoms with E-state index in [4.69, 9.17) is 4.52 Å². The van der Waals surface area contributed by atoms with E-state index in [0.717, 1.165) is 30.6 Å². The molecule has 1 aromatic heterocycles. The van der Waals surface area contributed by atoms with Gasteiger partial charge in [-0.25, -0.2) is 0 Å². The van der Waals surface area contributed by atoms with Gasteiger partial charge in [0.05, 0.1) is 18.7 Å². The molecule has 0 spiro atoms. The molecule has 1 aliphatic rings. The SMILES string of the molecule is Cc1cc(CC(=O)N2CCCC2C)on1.O=CNCC#Cc1ccccc1. The monoisotopic (exact) mass is 367 g/mol. The lowest BCUT2D eigenvalue weighted by atomic mass is 10.2. The summed E-state index contributed by atoms with van der Waals surface area (Å²) in [6.45, 7) is 5.23. The molecule has 6 heteroatoms. The molecular formula is C21H25N3O3. The lowest BCUT2D eigenvalue weighted by Crippen LogP contribution is -2.34. The summed E-state index contributed by atoms with van der Waals surface area (Å²) in [7, 11) is 0. The highest BCUT2D eigenvalue weighted by Crippen LogP contribution is 2.18. The summed E-state index contributed by atoms with van der Waals surface area (Å²) >= 11 is 0.